The first kappa shape index (κ1) is 17.9. The number of tetrazole rings is 1. The third kappa shape index (κ3) is 3.84. The van der Waals surface area contributed by atoms with Gasteiger partial charge in [-0.15, -0.1) is 0 Å². The van der Waals surface area contributed by atoms with Crippen LogP contribution in [-0.2, 0) is 19.1 Å². The SMILES string of the molecule is COC(=O)C1=C(C(=O)OC)N(c2ccc(Oc3nn[nH]n3)cc2)C=CC=C1. The van der Waals surface area contributed by atoms with Crippen molar-refractivity contribution >= 4 is 17.6 Å². The van der Waals surface area contributed by atoms with Crippen LogP contribution >= 0.6 is 0 Å². The number of rotatable bonds is 5. The quantitative estimate of drug-likeness (QED) is 0.781. The number of hydrogen-bond acceptors (Lipinski definition) is 9. The second-order valence-corrected chi connectivity index (χ2v) is 5.11. The summed E-state index contributed by atoms with van der Waals surface area (Å²) in [6.07, 6.45) is 6.43. The number of anilines is 1. The second kappa shape index (κ2) is 7.95. The summed E-state index contributed by atoms with van der Waals surface area (Å²) in [6.45, 7) is 0. The van der Waals surface area contributed by atoms with Gasteiger partial charge in [-0.2, -0.15) is 5.21 Å². The molecule has 0 saturated heterocycles. The van der Waals surface area contributed by atoms with Crippen LogP contribution in [0.4, 0.5) is 5.69 Å². The van der Waals surface area contributed by atoms with Gasteiger partial charge in [0.1, 0.15) is 11.4 Å². The van der Waals surface area contributed by atoms with Crippen molar-refractivity contribution in [3.05, 3.63) is 60.0 Å². The lowest BCUT2D eigenvalue weighted by Gasteiger charge is -2.23. The zero-order valence-electron chi connectivity index (χ0n) is 14.4. The van der Waals surface area contributed by atoms with Crippen molar-refractivity contribution in [1.82, 2.24) is 20.6 Å². The molecule has 0 bridgehead atoms. The van der Waals surface area contributed by atoms with Gasteiger partial charge in [0.2, 0.25) is 0 Å². The Morgan fingerprint density at radius 1 is 1.04 bits per heavy atom. The molecule has 0 aliphatic carbocycles. The van der Waals surface area contributed by atoms with E-state index in [1.807, 2.05) is 0 Å². The Kier molecular flexibility index (Phi) is 5.26. The monoisotopic (exact) mass is 369 g/mol. The summed E-state index contributed by atoms with van der Waals surface area (Å²) < 4.78 is 15.0. The number of carbonyl (C=O) groups is 2. The highest BCUT2D eigenvalue weighted by atomic mass is 16.5. The number of benzene rings is 1. The van der Waals surface area contributed by atoms with Gasteiger partial charge in [0.25, 0.3) is 0 Å². The molecule has 0 spiro atoms. The minimum atomic E-state index is -0.682. The molecule has 1 aliphatic heterocycles. The molecule has 1 aromatic carbocycles. The zero-order chi connectivity index (χ0) is 19.2. The van der Waals surface area contributed by atoms with E-state index in [1.54, 1.807) is 42.6 Å². The van der Waals surface area contributed by atoms with Gasteiger partial charge in [-0.05, 0) is 41.6 Å². The Hall–Kier alpha value is -3.95. The average Bonchev–Trinajstić information content (AvgIpc) is 3.10. The largest absolute Gasteiger partial charge is 0.465 e. The van der Waals surface area contributed by atoms with Crippen molar-refractivity contribution in [2.45, 2.75) is 0 Å². The predicted molar refractivity (Wildman–Crippen MR) is 92.5 cm³/mol. The zero-order valence-corrected chi connectivity index (χ0v) is 14.4. The van der Waals surface area contributed by atoms with Crippen molar-refractivity contribution < 1.29 is 23.8 Å². The molecule has 0 amide bonds. The summed E-state index contributed by atoms with van der Waals surface area (Å²) in [4.78, 5) is 26.0. The lowest BCUT2D eigenvalue weighted by Crippen LogP contribution is -2.26. The van der Waals surface area contributed by atoms with Gasteiger partial charge in [0, 0.05) is 11.9 Å². The van der Waals surface area contributed by atoms with Crippen molar-refractivity contribution in [2.75, 3.05) is 19.1 Å². The first-order valence-corrected chi connectivity index (χ1v) is 7.70. The number of methoxy groups -OCH3 is 2. The van der Waals surface area contributed by atoms with Crippen LogP contribution in [0.1, 0.15) is 0 Å². The first-order chi connectivity index (χ1) is 13.1. The van der Waals surface area contributed by atoms with Crippen LogP contribution in [0.25, 0.3) is 0 Å². The fraction of sp³-hybridized carbons (Fsp3) is 0.118. The summed E-state index contributed by atoms with van der Waals surface area (Å²) >= 11 is 0. The van der Waals surface area contributed by atoms with Crippen LogP contribution < -0.4 is 9.64 Å². The molecule has 1 N–H and O–H groups in total. The molecule has 138 valence electrons. The normalized spacial score (nSPS) is 13.3. The molecule has 10 heteroatoms. The molecule has 1 aliphatic rings. The van der Waals surface area contributed by atoms with E-state index in [-0.39, 0.29) is 17.3 Å². The molecule has 0 radical (unpaired) electrons. The van der Waals surface area contributed by atoms with Gasteiger partial charge in [-0.25, -0.2) is 9.59 Å². The molecule has 1 aromatic heterocycles. The van der Waals surface area contributed by atoms with Gasteiger partial charge < -0.3 is 19.1 Å². The lowest BCUT2D eigenvalue weighted by atomic mass is 10.1. The molecule has 2 heterocycles. The standard InChI is InChI=1S/C17H15N5O5/c1-25-15(23)13-5-3-4-10-22(14(13)16(24)26-2)11-6-8-12(9-7-11)27-17-18-20-21-19-17/h3-10H,1-2H3,(H,18,19,20,21). The second-order valence-electron chi connectivity index (χ2n) is 5.11. The van der Waals surface area contributed by atoms with Crippen molar-refractivity contribution in [2.24, 2.45) is 0 Å². The maximum absolute atomic E-state index is 12.4. The maximum Gasteiger partial charge on any atom is 0.361 e. The Morgan fingerprint density at radius 3 is 2.41 bits per heavy atom. The number of nitrogens with zero attached hydrogens (tertiary/aromatic N) is 4. The van der Waals surface area contributed by atoms with Crippen LogP contribution in [-0.4, -0.2) is 46.8 Å². The minimum Gasteiger partial charge on any atom is -0.465 e. The smallest absolute Gasteiger partial charge is 0.361 e. The number of aromatic amines is 1. The molecule has 27 heavy (non-hydrogen) atoms. The summed E-state index contributed by atoms with van der Waals surface area (Å²) in [5.74, 6) is -0.870. The van der Waals surface area contributed by atoms with Gasteiger partial charge in [0.15, 0.2) is 0 Å². The van der Waals surface area contributed by atoms with Gasteiger partial charge in [0.05, 0.1) is 19.8 Å². The van der Waals surface area contributed by atoms with Gasteiger partial charge >= 0.3 is 17.9 Å². The fourth-order valence-electron chi connectivity index (χ4n) is 2.34. The first-order valence-electron chi connectivity index (χ1n) is 7.70. The maximum atomic E-state index is 12.4. The third-order valence-electron chi connectivity index (χ3n) is 3.54. The fourth-order valence-corrected chi connectivity index (χ4v) is 2.34. The van der Waals surface area contributed by atoms with E-state index in [1.165, 1.54) is 25.2 Å². The van der Waals surface area contributed by atoms with E-state index >= 15 is 0 Å². The number of aromatic nitrogens is 4. The van der Waals surface area contributed by atoms with Gasteiger partial charge in [-0.1, -0.05) is 16.3 Å². The molecular weight excluding hydrogens is 354 g/mol. The van der Waals surface area contributed by atoms with Crippen molar-refractivity contribution in [3.63, 3.8) is 0 Å². The predicted octanol–water partition coefficient (Wildman–Crippen LogP) is 1.48. The van der Waals surface area contributed by atoms with Crippen molar-refractivity contribution in [3.8, 4) is 11.8 Å². The highest BCUT2D eigenvalue weighted by Crippen LogP contribution is 2.28. The van der Waals surface area contributed by atoms with Crippen LogP contribution in [0, 0.1) is 0 Å². The number of H-pyrrole nitrogens is 1. The van der Waals surface area contributed by atoms with Crippen molar-refractivity contribution in [1.29, 1.82) is 0 Å². The Morgan fingerprint density at radius 2 is 1.78 bits per heavy atom. The molecule has 10 nitrogen and oxygen atoms in total. The average molecular weight is 369 g/mol. The van der Waals surface area contributed by atoms with Crippen LogP contribution in [0.15, 0.2) is 60.0 Å². The number of carbonyl (C=O) groups excluding carboxylic acids is 2. The number of allylic oxidation sites excluding steroid dienone is 2. The Labute approximate surface area is 153 Å². The Balaban J connectivity index is 1.97. The van der Waals surface area contributed by atoms with Crippen LogP contribution in [0.3, 0.4) is 0 Å². The molecule has 0 fully saturated rings. The van der Waals surface area contributed by atoms with E-state index in [2.05, 4.69) is 20.6 Å². The van der Waals surface area contributed by atoms with Gasteiger partial charge in [-0.3, -0.25) is 0 Å². The van der Waals surface area contributed by atoms with E-state index in [0.29, 0.717) is 11.4 Å². The summed E-state index contributed by atoms with van der Waals surface area (Å²) in [5.41, 5.74) is 0.694. The minimum absolute atomic E-state index is 0.0289. The summed E-state index contributed by atoms with van der Waals surface area (Å²) in [5, 5.41) is 13.1. The highest BCUT2D eigenvalue weighted by Gasteiger charge is 2.27. The molecule has 2 aromatic rings. The number of ether oxygens (including phenoxy) is 3. The molecule has 0 saturated carbocycles. The number of hydrogen-bond donors (Lipinski definition) is 1. The van der Waals surface area contributed by atoms with Crippen LogP contribution in [0.2, 0.25) is 0 Å². The van der Waals surface area contributed by atoms with Crippen LogP contribution in [0.5, 0.6) is 11.8 Å². The highest BCUT2D eigenvalue weighted by molar-refractivity contribution is 6.05. The molecule has 3 rings (SSSR count). The van der Waals surface area contributed by atoms with E-state index in [9.17, 15) is 9.59 Å². The Bertz CT molecular complexity index is 916. The lowest BCUT2D eigenvalue weighted by molar-refractivity contribution is -0.139. The van der Waals surface area contributed by atoms with E-state index < -0.39 is 11.9 Å². The topological polar surface area (TPSA) is 120 Å². The number of nitrogens with one attached hydrogen (secondary N) is 1. The summed E-state index contributed by atoms with van der Waals surface area (Å²) in [6, 6.07) is 6.78. The molecular formula is C17H15N5O5. The van der Waals surface area contributed by atoms with E-state index in [0.717, 1.165) is 0 Å². The third-order valence-corrected chi connectivity index (χ3v) is 3.54. The van der Waals surface area contributed by atoms with E-state index in [4.69, 9.17) is 14.2 Å². The molecule has 0 atom stereocenters. The number of esters is 2. The summed E-state index contributed by atoms with van der Waals surface area (Å²) in [7, 11) is 2.48. The molecule has 0 unspecified atom stereocenters.